The van der Waals surface area contributed by atoms with Gasteiger partial charge in [0.15, 0.2) is 0 Å². The average molecular weight is 418 g/mol. The normalized spacial score (nSPS) is 13.2. The van der Waals surface area contributed by atoms with Crippen molar-refractivity contribution in [2.24, 2.45) is 0 Å². The molecule has 0 aliphatic heterocycles. The molecule has 0 radical (unpaired) electrons. The van der Waals surface area contributed by atoms with Crippen LogP contribution in [0.1, 0.15) is 25.5 Å². The fourth-order valence-corrected chi connectivity index (χ4v) is 4.05. The Balaban J connectivity index is 2.14. The highest BCUT2D eigenvalue weighted by Crippen LogP contribution is 2.37. The molecule has 27 heavy (non-hydrogen) atoms. The molecule has 0 heterocycles. The van der Waals surface area contributed by atoms with Gasteiger partial charge in [0, 0.05) is 23.5 Å². The Labute approximate surface area is 159 Å². The minimum atomic E-state index is -4.44. The number of alkyl halides is 3. The first kappa shape index (κ1) is 21.3. The fraction of sp³-hybridized carbons (Fsp3) is 0.235. The molecule has 2 rings (SSSR count). The van der Waals surface area contributed by atoms with E-state index >= 15 is 0 Å². The predicted molar refractivity (Wildman–Crippen MR) is 97.8 cm³/mol. The lowest BCUT2D eigenvalue weighted by atomic mass is 10.1. The highest BCUT2D eigenvalue weighted by molar-refractivity contribution is 8.00. The summed E-state index contributed by atoms with van der Waals surface area (Å²) in [5, 5.41) is 2.61. The maximum Gasteiger partial charge on any atom is 0.446 e. The summed E-state index contributed by atoms with van der Waals surface area (Å²) < 4.78 is 64.5. The van der Waals surface area contributed by atoms with Crippen LogP contribution in [-0.4, -0.2) is 19.8 Å². The summed E-state index contributed by atoms with van der Waals surface area (Å²) >= 11 is -0.312. The summed E-state index contributed by atoms with van der Waals surface area (Å²) in [6.45, 7) is 2.98. The van der Waals surface area contributed by atoms with E-state index in [1.54, 1.807) is 31.2 Å². The molecule has 0 aromatic heterocycles. The van der Waals surface area contributed by atoms with E-state index < -0.39 is 21.6 Å². The molecule has 2 aromatic carbocycles. The second kappa shape index (κ2) is 8.32. The molecule has 2 N–H and O–H groups in total. The van der Waals surface area contributed by atoms with Gasteiger partial charge in [-0.25, -0.2) is 13.1 Å². The van der Waals surface area contributed by atoms with Gasteiger partial charge in [0.1, 0.15) is 0 Å². The Hall–Kier alpha value is -2.04. The first-order valence-electron chi connectivity index (χ1n) is 7.72. The molecular weight excluding hydrogens is 401 g/mol. The summed E-state index contributed by atoms with van der Waals surface area (Å²) in [7, 11) is -3.93. The first-order chi connectivity index (χ1) is 12.5. The van der Waals surface area contributed by atoms with E-state index in [1.807, 2.05) is 0 Å². The van der Waals surface area contributed by atoms with Gasteiger partial charge in [0.05, 0.1) is 4.90 Å². The number of rotatable bonds is 6. The molecular formula is C17H17F3N2O3S2. The molecule has 0 saturated carbocycles. The average Bonchev–Trinajstić information content (AvgIpc) is 2.53. The number of benzene rings is 2. The lowest BCUT2D eigenvalue weighted by molar-refractivity contribution is -0.114. The summed E-state index contributed by atoms with van der Waals surface area (Å²) in [4.78, 5) is 10.9. The molecule has 0 aliphatic carbocycles. The van der Waals surface area contributed by atoms with Gasteiger partial charge in [-0.15, -0.1) is 0 Å². The van der Waals surface area contributed by atoms with Crippen LogP contribution in [0.15, 0.2) is 58.3 Å². The van der Waals surface area contributed by atoms with Crippen molar-refractivity contribution in [2.75, 3.05) is 5.32 Å². The van der Waals surface area contributed by atoms with Gasteiger partial charge >= 0.3 is 5.51 Å². The highest BCUT2D eigenvalue weighted by Gasteiger charge is 2.29. The van der Waals surface area contributed by atoms with Crippen molar-refractivity contribution in [3.63, 3.8) is 0 Å². The third kappa shape index (κ3) is 6.56. The lowest BCUT2D eigenvalue weighted by Gasteiger charge is -2.16. The zero-order chi connectivity index (χ0) is 20.2. The van der Waals surface area contributed by atoms with Crippen LogP contribution in [0.2, 0.25) is 0 Å². The van der Waals surface area contributed by atoms with E-state index in [0.29, 0.717) is 11.3 Å². The van der Waals surface area contributed by atoms with Gasteiger partial charge in [-0.05, 0) is 60.6 Å². The number of carbonyl (C=O) groups is 1. The Morgan fingerprint density at radius 2 is 1.74 bits per heavy atom. The first-order valence-corrected chi connectivity index (χ1v) is 10.0. The minimum absolute atomic E-state index is 0.0995. The van der Waals surface area contributed by atoms with Crippen LogP contribution < -0.4 is 10.0 Å². The van der Waals surface area contributed by atoms with Crippen LogP contribution in [-0.2, 0) is 14.8 Å². The molecule has 10 heteroatoms. The summed E-state index contributed by atoms with van der Waals surface area (Å²) in [6, 6.07) is 10.5. The smallest absolute Gasteiger partial charge is 0.326 e. The van der Waals surface area contributed by atoms with Crippen LogP contribution in [0.4, 0.5) is 18.9 Å². The number of carbonyl (C=O) groups excluding carboxylic acids is 1. The van der Waals surface area contributed by atoms with Gasteiger partial charge in [0.25, 0.3) is 0 Å². The van der Waals surface area contributed by atoms with Gasteiger partial charge in [0.2, 0.25) is 15.9 Å². The minimum Gasteiger partial charge on any atom is -0.326 e. The molecule has 0 aliphatic rings. The molecule has 146 valence electrons. The number of amides is 1. The number of halogens is 3. The van der Waals surface area contributed by atoms with Crippen LogP contribution in [0.3, 0.4) is 0 Å². The Bertz CT molecular complexity index is 914. The zero-order valence-electron chi connectivity index (χ0n) is 14.4. The number of anilines is 1. The topological polar surface area (TPSA) is 75.3 Å². The maximum atomic E-state index is 12.5. The van der Waals surface area contributed by atoms with Crippen LogP contribution in [0.25, 0.3) is 0 Å². The summed E-state index contributed by atoms with van der Waals surface area (Å²) in [6.07, 6.45) is 0. The third-order valence-corrected chi connectivity index (χ3v) is 5.70. The SMILES string of the molecule is CC(=O)Nc1cccc(C(C)NS(=O)(=O)c2ccc(SC(F)(F)F)cc2)c1. The number of nitrogens with one attached hydrogen (secondary N) is 2. The Morgan fingerprint density at radius 3 is 2.30 bits per heavy atom. The monoisotopic (exact) mass is 418 g/mol. The van der Waals surface area contributed by atoms with Crippen molar-refractivity contribution >= 4 is 33.4 Å². The molecule has 1 unspecified atom stereocenters. The molecule has 1 amide bonds. The Morgan fingerprint density at radius 1 is 1.11 bits per heavy atom. The van der Waals surface area contributed by atoms with Crippen molar-refractivity contribution < 1.29 is 26.4 Å². The van der Waals surface area contributed by atoms with Gasteiger partial charge < -0.3 is 5.32 Å². The molecule has 5 nitrogen and oxygen atoms in total. The zero-order valence-corrected chi connectivity index (χ0v) is 16.0. The van der Waals surface area contributed by atoms with E-state index in [0.717, 1.165) is 24.3 Å². The molecule has 0 spiro atoms. The number of thioether (sulfide) groups is 1. The molecule has 0 saturated heterocycles. The van der Waals surface area contributed by atoms with E-state index in [1.165, 1.54) is 6.92 Å². The molecule has 0 bridgehead atoms. The second-order valence-electron chi connectivity index (χ2n) is 5.67. The molecule has 2 aromatic rings. The largest absolute Gasteiger partial charge is 0.446 e. The fourth-order valence-electron chi connectivity index (χ4n) is 2.28. The van der Waals surface area contributed by atoms with Crippen LogP contribution in [0, 0.1) is 0 Å². The standard InChI is InChI=1S/C17H17F3N2O3S2/c1-11(13-4-3-5-14(10-13)21-12(2)23)22-27(24,25)16-8-6-15(7-9-16)26-17(18,19)20/h3-11,22H,1-2H3,(H,21,23). The van der Waals surface area contributed by atoms with E-state index in [9.17, 15) is 26.4 Å². The van der Waals surface area contributed by atoms with Gasteiger partial charge in [-0.2, -0.15) is 13.2 Å². The van der Waals surface area contributed by atoms with E-state index in [2.05, 4.69) is 10.0 Å². The molecule has 0 fully saturated rings. The predicted octanol–water partition coefficient (Wildman–Crippen LogP) is 4.30. The van der Waals surface area contributed by atoms with Crippen molar-refractivity contribution in [3.05, 3.63) is 54.1 Å². The van der Waals surface area contributed by atoms with Gasteiger partial charge in [-0.3, -0.25) is 4.79 Å². The number of sulfonamides is 1. The Kier molecular flexibility index (Phi) is 6.55. The summed E-state index contributed by atoms with van der Waals surface area (Å²) in [5.74, 6) is -0.253. The maximum absolute atomic E-state index is 12.5. The molecule has 1 atom stereocenters. The quantitative estimate of drug-likeness (QED) is 0.686. The number of hydrogen-bond donors (Lipinski definition) is 2. The highest BCUT2D eigenvalue weighted by atomic mass is 32.2. The van der Waals surface area contributed by atoms with Crippen molar-refractivity contribution in [1.29, 1.82) is 0 Å². The van der Waals surface area contributed by atoms with Gasteiger partial charge in [-0.1, -0.05) is 12.1 Å². The van der Waals surface area contributed by atoms with Crippen LogP contribution in [0.5, 0.6) is 0 Å². The van der Waals surface area contributed by atoms with Crippen molar-refractivity contribution in [3.8, 4) is 0 Å². The number of hydrogen-bond acceptors (Lipinski definition) is 4. The van der Waals surface area contributed by atoms with Crippen molar-refractivity contribution in [2.45, 2.75) is 35.2 Å². The summed E-state index contributed by atoms with van der Waals surface area (Å²) in [5.41, 5.74) is -3.29. The second-order valence-corrected chi connectivity index (χ2v) is 8.52. The van der Waals surface area contributed by atoms with Crippen LogP contribution >= 0.6 is 11.8 Å². The van der Waals surface area contributed by atoms with Crippen molar-refractivity contribution in [1.82, 2.24) is 4.72 Å². The van der Waals surface area contributed by atoms with E-state index in [-0.39, 0.29) is 27.5 Å². The lowest BCUT2D eigenvalue weighted by Crippen LogP contribution is -2.27. The third-order valence-electron chi connectivity index (χ3n) is 3.41. The van der Waals surface area contributed by atoms with E-state index in [4.69, 9.17) is 0 Å².